The van der Waals surface area contributed by atoms with Crippen molar-refractivity contribution in [2.24, 2.45) is 16.7 Å². The molecule has 0 aromatic carbocycles. The number of hydrogen-bond acceptors (Lipinski definition) is 3. The fourth-order valence-corrected chi connectivity index (χ4v) is 3.31. The minimum Gasteiger partial charge on any atom is -0.500 e. The number of methoxy groups -OCH3 is 2. The van der Waals surface area contributed by atoms with Gasteiger partial charge in [-0.15, -0.1) is 0 Å². The van der Waals surface area contributed by atoms with Gasteiger partial charge in [-0.2, -0.15) is 0 Å². The van der Waals surface area contributed by atoms with Crippen LogP contribution in [0.4, 0.5) is 0 Å². The molecule has 0 amide bonds. The minimum absolute atomic E-state index is 0.0779. The molecule has 2 bridgehead atoms. The second kappa shape index (κ2) is 3.00. The van der Waals surface area contributed by atoms with Gasteiger partial charge in [-0.1, -0.05) is 13.8 Å². The zero-order valence-corrected chi connectivity index (χ0v) is 9.79. The van der Waals surface area contributed by atoms with E-state index in [4.69, 9.17) is 9.47 Å². The van der Waals surface area contributed by atoms with Crippen molar-refractivity contribution in [3.8, 4) is 0 Å². The molecule has 2 aliphatic rings. The number of rotatable bonds is 2. The van der Waals surface area contributed by atoms with Crippen molar-refractivity contribution in [2.75, 3.05) is 14.2 Å². The predicted octanol–water partition coefficient (Wildman–Crippen LogP) is 2.13. The van der Waals surface area contributed by atoms with E-state index in [0.29, 0.717) is 5.92 Å². The average Bonchev–Trinajstić information content (AvgIpc) is 2.62. The van der Waals surface area contributed by atoms with Crippen LogP contribution in [0.25, 0.3) is 0 Å². The second-order valence-corrected chi connectivity index (χ2v) is 5.00. The van der Waals surface area contributed by atoms with Gasteiger partial charge < -0.3 is 9.47 Å². The molecule has 0 heterocycles. The minimum atomic E-state index is -0.541. The Kier molecular flexibility index (Phi) is 2.11. The van der Waals surface area contributed by atoms with Crippen LogP contribution in [0.5, 0.6) is 0 Å². The maximum Gasteiger partial charge on any atom is 0.320 e. The highest BCUT2D eigenvalue weighted by Crippen LogP contribution is 2.65. The summed E-state index contributed by atoms with van der Waals surface area (Å²) in [6, 6.07) is 0. The fraction of sp³-hybridized carbons (Fsp3) is 0.750. The van der Waals surface area contributed by atoms with Crippen LogP contribution in [0.3, 0.4) is 0 Å². The second-order valence-electron chi connectivity index (χ2n) is 5.00. The third kappa shape index (κ3) is 0.985. The van der Waals surface area contributed by atoms with E-state index in [0.717, 1.165) is 18.6 Å². The van der Waals surface area contributed by atoms with Crippen LogP contribution >= 0.6 is 0 Å². The lowest BCUT2D eigenvalue weighted by molar-refractivity contribution is -0.157. The smallest absolute Gasteiger partial charge is 0.320 e. The van der Waals surface area contributed by atoms with Crippen LogP contribution in [-0.2, 0) is 14.3 Å². The maximum atomic E-state index is 12.0. The lowest BCUT2D eigenvalue weighted by Gasteiger charge is -2.36. The molecule has 2 aliphatic carbocycles. The van der Waals surface area contributed by atoms with Crippen molar-refractivity contribution in [1.82, 2.24) is 0 Å². The molecule has 2 atom stereocenters. The molecule has 3 heteroatoms. The summed E-state index contributed by atoms with van der Waals surface area (Å²) in [5.74, 6) is 1.09. The van der Waals surface area contributed by atoms with Gasteiger partial charge in [0.1, 0.15) is 11.2 Å². The Morgan fingerprint density at radius 3 is 2.60 bits per heavy atom. The van der Waals surface area contributed by atoms with Crippen molar-refractivity contribution < 1.29 is 14.3 Å². The largest absolute Gasteiger partial charge is 0.500 e. The van der Waals surface area contributed by atoms with Crippen molar-refractivity contribution >= 4 is 5.97 Å². The van der Waals surface area contributed by atoms with E-state index in [1.54, 1.807) is 7.11 Å². The standard InChI is InChI=1S/C12H18O3/c1-11(2)8-5-6-12(11,10(13)15-4)9(7-8)14-3/h7-8H,5-6H2,1-4H3/t8-,12+/m1/s1. The molecule has 0 N–H and O–H groups in total. The number of esters is 1. The summed E-state index contributed by atoms with van der Waals surface area (Å²) in [6.07, 6.45) is 3.99. The normalized spacial score (nSPS) is 36.3. The Labute approximate surface area is 90.4 Å². The van der Waals surface area contributed by atoms with Crippen LogP contribution in [-0.4, -0.2) is 20.2 Å². The summed E-state index contributed by atoms with van der Waals surface area (Å²) in [4.78, 5) is 12.0. The number of allylic oxidation sites excluding steroid dienone is 1. The predicted molar refractivity (Wildman–Crippen MR) is 56.0 cm³/mol. The molecule has 2 rings (SSSR count). The van der Waals surface area contributed by atoms with E-state index in [1.165, 1.54) is 7.11 Å². The van der Waals surface area contributed by atoms with Gasteiger partial charge in [0.2, 0.25) is 0 Å². The van der Waals surface area contributed by atoms with Gasteiger partial charge in [-0.3, -0.25) is 4.79 Å². The summed E-state index contributed by atoms with van der Waals surface area (Å²) in [5, 5.41) is 0. The quantitative estimate of drug-likeness (QED) is 0.655. The van der Waals surface area contributed by atoms with E-state index in [1.807, 2.05) is 0 Å². The summed E-state index contributed by atoms with van der Waals surface area (Å²) in [7, 11) is 3.08. The highest BCUT2D eigenvalue weighted by molar-refractivity contribution is 5.83. The number of fused-ring (bicyclic) bond motifs is 2. The molecule has 0 saturated heterocycles. The number of ether oxygens (including phenoxy) is 2. The lowest BCUT2D eigenvalue weighted by Crippen LogP contribution is -2.42. The summed E-state index contributed by atoms with van der Waals surface area (Å²) in [5.41, 5.74) is -0.618. The molecule has 1 fully saturated rings. The SMILES string of the molecule is COC(=O)[C@]12CC[C@H](C=C1OC)C2(C)C. The van der Waals surface area contributed by atoms with Gasteiger partial charge in [0.25, 0.3) is 0 Å². The molecular weight excluding hydrogens is 192 g/mol. The average molecular weight is 210 g/mol. The molecule has 15 heavy (non-hydrogen) atoms. The highest BCUT2D eigenvalue weighted by atomic mass is 16.5. The van der Waals surface area contributed by atoms with Crippen molar-refractivity contribution in [3.63, 3.8) is 0 Å². The molecule has 84 valence electrons. The van der Waals surface area contributed by atoms with Crippen molar-refractivity contribution in [3.05, 3.63) is 11.8 Å². The third-order valence-corrected chi connectivity index (χ3v) is 4.38. The highest BCUT2D eigenvalue weighted by Gasteiger charge is 2.66. The van der Waals surface area contributed by atoms with Gasteiger partial charge in [0.15, 0.2) is 0 Å². The molecular formula is C12H18O3. The van der Waals surface area contributed by atoms with Crippen molar-refractivity contribution in [2.45, 2.75) is 26.7 Å². The first kappa shape index (κ1) is 10.5. The van der Waals surface area contributed by atoms with Gasteiger partial charge in [-0.25, -0.2) is 0 Å². The molecule has 1 saturated carbocycles. The molecule has 0 aliphatic heterocycles. The first-order valence-electron chi connectivity index (χ1n) is 5.35. The topological polar surface area (TPSA) is 35.5 Å². The van der Waals surface area contributed by atoms with Crippen LogP contribution in [0, 0.1) is 16.7 Å². The Morgan fingerprint density at radius 1 is 1.47 bits per heavy atom. The van der Waals surface area contributed by atoms with E-state index in [2.05, 4.69) is 19.9 Å². The summed E-state index contributed by atoms with van der Waals surface area (Å²) < 4.78 is 10.3. The number of carbonyl (C=O) groups is 1. The van der Waals surface area contributed by atoms with E-state index in [-0.39, 0.29) is 11.4 Å². The lowest BCUT2D eigenvalue weighted by atomic mass is 9.68. The monoisotopic (exact) mass is 210 g/mol. The number of hydrogen-bond donors (Lipinski definition) is 0. The molecule has 0 spiro atoms. The Hall–Kier alpha value is -0.990. The van der Waals surface area contributed by atoms with E-state index >= 15 is 0 Å². The Morgan fingerprint density at radius 2 is 2.13 bits per heavy atom. The Bertz CT molecular complexity index is 330. The summed E-state index contributed by atoms with van der Waals surface area (Å²) in [6.45, 7) is 4.26. The first-order chi connectivity index (χ1) is 7.00. The van der Waals surface area contributed by atoms with Crippen LogP contribution < -0.4 is 0 Å². The zero-order valence-electron chi connectivity index (χ0n) is 9.79. The van der Waals surface area contributed by atoms with Gasteiger partial charge >= 0.3 is 5.97 Å². The third-order valence-electron chi connectivity index (χ3n) is 4.38. The molecule has 3 nitrogen and oxygen atoms in total. The van der Waals surface area contributed by atoms with Gasteiger partial charge in [0, 0.05) is 0 Å². The molecule has 0 aromatic heterocycles. The Balaban J connectivity index is 2.50. The van der Waals surface area contributed by atoms with Gasteiger partial charge in [0.05, 0.1) is 14.2 Å². The molecule has 0 unspecified atom stereocenters. The van der Waals surface area contributed by atoms with Crippen molar-refractivity contribution in [1.29, 1.82) is 0 Å². The number of carbonyl (C=O) groups excluding carboxylic acids is 1. The van der Waals surface area contributed by atoms with Crippen LogP contribution in [0.15, 0.2) is 11.8 Å². The van der Waals surface area contributed by atoms with Gasteiger partial charge in [-0.05, 0) is 30.3 Å². The molecule has 0 aromatic rings. The van der Waals surface area contributed by atoms with Crippen LogP contribution in [0.1, 0.15) is 26.7 Å². The first-order valence-corrected chi connectivity index (χ1v) is 5.35. The summed E-state index contributed by atoms with van der Waals surface area (Å²) >= 11 is 0. The fourth-order valence-electron chi connectivity index (χ4n) is 3.31. The van der Waals surface area contributed by atoms with Crippen LogP contribution in [0.2, 0.25) is 0 Å². The zero-order chi connectivity index (χ0) is 11.3. The maximum absolute atomic E-state index is 12.0. The van der Waals surface area contributed by atoms with E-state index in [9.17, 15) is 4.79 Å². The molecule has 0 radical (unpaired) electrons. The van der Waals surface area contributed by atoms with E-state index < -0.39 is 5.41 Å².